The first-order chi connectivity index (χ1) is 12.7. The van der Waals surface area contributed by atoms with Crippen LogP contribution in [0.2, 0.25) is 0 Å². The predicted octanol–water partition coefficient (Wildman–Crippen LogP) is 5.67. The Bertz CT molecular complexity index is 1100. The normalized spacial score (nSPS) is 11.2. The van der Waals surface area contributed by atoms with Crippen molar-refractivity contribution >= 4 is 22.7 Å². The summed E-state index contributed by atoms with van der Waals surface area (Å²) in [4.78, 5) is 4.44. The molecule has 126 valence electrons. The summed E-state index contributed by atoms with van der Waals surface area (Å²) in [6, 6.07) is 26.6. The summed E-state index contributed by atoms with van der Waals surface area (Å²) in [5.74, 6) is 0.256. The lowest BCUT2D eigenvalue weighted by Gasteiger charge is -2.06. The number of fused-ring (bicyclic) bond motifs is 1. The van der Waals surface area contributed by atoms with Gasteiger partial charge in [-0.15, -0.1) is 0 Å². The highest BCUT2D eigenvalue weighted by Gasteiger charge is 2.06. The SMILES string of the molecule is Oc1ccc(-c2ccccc2)cc1/N=C/c1c(O)ccc2ccccc12. The number of hydrogen-bond acceptors (Lipinski definition) is 3. The molecule has 0 aromatic heterocycles. The van der Waals surface area contributed by atoms with Crippen LogP contribution >= 0.6 is 0 Å². The van der Waals surface area contributed by atoms with Crippen LogP contribution < -0.4 is 0 Å². The first-order valence-corrected chi connectivity index (χ1v) is 8.35. The minimum Gasteiger partial charge on any atom is -0.507 e. The summed E-state index contributed by atoms with van der Waals surface area (Å²) in [6.45, 7) is 0. The average Bonchev–Trinajstić information content (AvgIpc) is 2.69. The number of hydrogen-bond donors (Lipinski definition) is 2. The van der Waals surface area contributed by atoms with Gasteiger partial charge in [-0.3, -0.25) is 4.99 Å². The molecule has 0 aliphatic rings. The quantitative estimate of drug-likeness (QED) is 0.473. The highest BCUT2D eigenvalue weighted by molar-refractivity contribution is 6.03. The summed E-state index contributed by atoms with van der Waals surface area (Å²) >= 11 is 0. The first kappa shape index (κ1) is 15.9. The van der Waals surface area contributed by atoms with E-state index in [2.05, 4.69) is 4.99 Å². The van der Waals surface area contributed by atoms with Crippen LogP contribution in [-0.4, -0.2) is 16.4 Å². The molecule has 26 heavy (non-hydrogen) atoms. The molecule has 3 nitrogen and oxygen atoms in total. The van der Waals surface area contributed by atoms with Crippen LogP contribution in [0.15, 0.2) is 89.9 Å². The second-order valence-corrected chi connectivity index (χ2v) is 6.05. The average molecular weight is 339 g/mol. The summed E-state index contributed by atoms with van der Waals surface area (Å²) < 4.78 is 0. The number of benzene rings is 4. The van der Waals surface area contributed by atoms with Crippen molar-refractivity contribution in [1.82, 2.24) is 0 Å². The fraction of sp³-hybridized carbons (Fsp3) is 0. The van der Waals surface area contributed by atoms with Crippen molar-refractivity contribution in [2.24, 2.45) is 4.99 Å². The van der Waals surface area contributed by atoms with E-state index in [0.29, 0.717) is 11.3 Å². The molecule has 0 atom stereocenters. The Balaban J connectivity index is 1.77. The Labute approximate surface area is 151 Å². The predicted molar refractivity (Wildman–Crippen MR) is 106 cm³/mol. The summed E-state index contributed by atoms with van der Waals surface area (Å²) in [5, 5.41) is 22.3. The Morgan fingerprint density at radius 3 is 2.23 bits per heavy atom. The number of nitrogens with zero attached hydrogens (tertiary/aromatic N) is 1. The molecule has 0 spiro atoms. The maximum absolute atomic E-state index is 10.2. The molecule has 0 bridgehead atoms. The smallest absolute Gasteiger partial charge is 0.141 e. The molecule has 2 N–H and O–H groups in total. The summed E-state index contributed by atoms with van der Waals surface area (Å²) in [7, 11) is 0. The molecule has 0 aliphatic heterocycles. The van der Waals surface area contributed by atoms with Crippen molar-refractivity contribution < 1.29 is 10.2 Å². The highest BCUT2D eigenvalue weighted by Crippen LogP contribution is 2.33. The highest BCUT2D eigenvalue weighted by atomic mass is 16.3. The molecule has 4 aromatic rings. The van der Waals surface area contributed by atoms with Crippen molar-refractivity contribution in [3.8, 4) is 22.6 Å². The fourth-order valence-corrected chi connectivity index (χ4v) is 2.99. The van der Waals surface area contributed by atoms with E-state index in [1.54, 1.807) is 18.3 Å². The molecular formula is C23H17NO2. The Hall–Kier alpha value is -3.59. The fourth-order valence-electron chi connectivity index (χ4n) is 2.99. The Morgan fingerprint density at radius 1 is 0.654 bits per heavy atom. The van der Waals surface area contributed by atoms with Gasteiger partial charge in [-0.1, -0.05) is 66.7 Å². The van der Waals surface area contributed by atoms with Gasteiger partial charge in [-0.25, -0.2) is 0 Å². The van der Waals surface area contributed by atoms with Crippen LogP contribution in [0.5, 0.6) is 11.5 Å². The van der Waals surface area contributed by atoms with Gasteiger partial charge in [0.2, 0.25) is 0 Å². The minimum atomic E-state index is 0.0978. The van der Waals surface area contributed by atoms with Gasteiger partial charge in [0.15, 0.2) is 0 Å². The maximum Gasteiger partial charge on any atom is 0.141 e. The van der Waals surface area contributed by atoms with E-state index in [4.69, 9.17) is 0 Å². The summed E-state index contributed by atoms with van der Waals surface area (Å²) in [5.41, 5.74) is 3.11. The van der Waals surface area contributed by atoms with E-state index in [1.165, 1.54) is 0 Å². The molecule has 0 fully saturated rings. The molecule has 4 rings (SSSR count). The minimum absolute atomic E-state index is 0.0978. The van der Waals surface area contributed by atoms with Gasteiger partial charge in [-0.2, -0.15) is 0 Å². The number of rotatable bonds is 3. The standard InChI is InChI=1S/C23H17NO2/c25-22-12-10-17-8-4-5-9-19(17)20(22)15-24-21-14-18(11-13-23(21)26)16-6-2-1-3-7-16/h1-15,25-26H/b24-15+. The largest absolute Gasteiger partial charge is 0.507 e. The second-order valence-electron chi connectivity index (χ2n) is 6.05. The van der Waals surface area contributed by atoms with Crippen LogP contribution in [0, 0.1) is 0 Å². The third kappa shape index (κ3) is 3.03. The third-order valence-corrected chi connectivity index (χ3v) is 4.36. The topological polar surface area (TPSA) is 52.8 Å². The van der Waals surface area contributed by atoms with Gasteiger partial charge in [0.05, 0.1) is 0 Å². The van der Waals surface area contributed by atoms with Gasteiger partial charge >= 0.3 is 0 Å². The van der Waals surface area contributed by atoms with E-state index in [9.17, 15) is 10.2 Å². The lowest BCUT2D eigenvalue weighted by atomic mass is 10.0. The van der Waals surface area contributed by atoms with Crippen molar-refractivity contribution in [3.63, 3.8) is 0 Å². The first-order valence-electron chi connectivity index (χ1n) is 8.35. The van der Waals surface area contributed by atoms with Gasteiger partial charge in [0.1, 0.15) is 17.2 Å². The molecule has 0 saturated carbocycles. The number of aliphatic imine (C=N–C) groups is 1. The van der Waals surface area contributed by atoms with E-state index in [-0.39, 0.29) is 11.5 Å². The van der Waals surface area contributed by atoms with E-state index in [1.807, 2.05) is 72.8 Å². The number of phenolic OH excluding ortho intramolecular Hbond substituents is 2. The molecule has 0 saturated heterocycles. The molecule has 4 aromatic carbocycles. The third-order valence-electron chi connectivity index (χ3n) is 4.36. The molecule has 0 amide bonds. The zero-order valence-electron chi connectivity index (χ0n) is 14.0. The molecule has 0 aliphatic carbocycles. The number of aromatic hydroxyl groups is 2. The molecule has 0 heterocycles. The molecule has 3 heteroatoms. The van der Waals surface area contributed by atoms with Crippen LogP contribution in [0.3, 0.4) is 0 Å². The Morgan fingerprint density at radius 2 is 1.38 bits per heavy atom. The lowest BCUT2D eigenvalue weighted by Crippen LogP contribution is -1.86. The zero-order chi connectivity index (χ0) is 17.9. The monoisotopic (exact) mass is 339 g/mol. The van der Waals surface area contributed by atoms with Gasteiger partial charge in [-0.05, 0) is 40.1 Å². The van der Waals surface area contributed by atoms with Crippen molar-refractivity contribution in [2.45, 2.75) is 0 Å². The van der Waals surface area contributed by atoms with Crippen molar-refractivity contribution in [2.75, 3.05) is 0 Å². The van der Waals surface area contributed by atoms with E-state index >= 15 is 0 Å². The lowest BCUT2D eigenvalue weighted by molar-refractivity contribution is 0.474. The molecule has 0 radical (unpaired) electrons. The van der Waals surface area contributed by atoms with Crippen LogP contribution in [0.25, 0.3) is 21.9 Å². The van der Waals surface area contributed by atoms with E-state index in [0.717, 1.165) is 21.9 Å². The van der Waals surface area contributed by atoms with Crippen LogP contribution in [0.1, 0.15) is 5.56 Å². The zero-order valence-corrected chi connectivity index (χ0v) is 14.0. The second kappa shape index (κ2) is 6.73. The van der Waals surface area contributed by atoms with Gasteiger partial charge in [0, 0.05) is 11.8 Å². The summed E-state index contributed by atoms with van der Waals surface area (Å²) in [6.07, 6.45) is 1.60. The van der Waals surface area contributed by atoms with Gasteiger partial charge in [0.25, 0.3) is 0 Å². The van der Waals surface area contributed by atoms with E-state index < -0.39 is 0 Å². The number of phenols is 2. The van der Waals surface area contributed by atoms with Crippen molar-refractivity contribution in [3.05, 3.63) is 90.5 Å². The van der Waals surface area contributed by atoms with Crippen LogP contribution in [0.4, 0.5) is 5.69 Å². The van der Waals surface area contributed by atoms with Crippen molar-refractivity contribution in [1.29, 1.82) is 0 Å². The maximum atomic E-state index is 10.2. The molecule has 0 unspecified atom stereocenters. The molecular weight excluding hydrogens is 322 g/mol. The van der Waals surface area contributed by atoms with Crippen LogP contribution in [-0.2, 0) is 0 Å². The van der Waals surface area contributed by atoms with Gasteiger partial charge < -0.3 is 10.2 Å². The Kier molecular flexibility index (Phi) is 4.12.